The van der Waals surface area contributed by atoms with Crippen molar-refractivity contribution in [2.75, 3.05) is 18.9 Å². The SMILES string of the molecule is CN1C=CC(Oc2ccc3nc(NC4CCCCCCC4)sc3c2)=CC1. The molecule has 1 aliphatic carbocycles. The number of thiazole rings is 1. The molecule has 1 N–H and O–H groups in total. The number of hydrogen-bond donors (Lipinski definition) is 1. The van der Waals surface area contributed by atoms with Gasteiger partial charge < -0.3 is 15.0 Å². The molecule has 1 saturated carbocycles. The summed E-state index contributed by atoms with van der Waals surface area (Å²) in [4.78, 5) is 6.89. The van der Waals surface area contributed by atoms with Crippen molar-refractivity contribution in [1.29, 1.82) is 0 Å². The largest absolute Gasteiger partial charge is 0.458 e. The van der Waals surface area contributed by atoms with Gasteiger partial charge in [-0.25, -0.2) is 4.98 Å². The number of nitrogens with one attached hydrogen (secondary N) is 1. The van der Waals surface area contributed by atoms with Gasteiger partial charge >= 0.3 is 0 Å². The molecule has 138 valence electrons. The predicted octanol–water partition coefficient (Wildman–Crippen LogP) is 5.54. The molecular weight excluding hydrogens is 342 g/mol. The summed E-state index contributed by atoms with van der Waals surface area (Å²) in [6.45, 7) is 0.879. The van der Waals surface area contributed by atoms with Crippen LogP contribution in [0, 0.1) is 0 Å². The van der Waals surface area contributed by atoms with Gasteiger partial charge in [-0.15, -0.1) is 0 Å². The monoisotopic (exact) mass is 369 g/mol. The van der Waals surface area contributed by atoms with Crippen molar-refractivity contribution in [1.82, 2.24) is 9.88 Å². The summed E-state index contributed by atoms with van der Waals surface area (Å²) in [6.07, 6.45) is 15.5. The van der Waals surface area contributed by atoms with Crippen LogP contribution in [0.15, 0.2) is 42.3 Å². The summed E-state index contributed by atoms with van der Waals surface area (Å²) >= 11 is 1.73. The molecule has 0 bridgehead atoms. The number of allylic oxidation sites excluding steroid dienone is 1. The van der Waals surface area contributed by atoms with Crippen LogP contribution >= 0.6 is 11.3 Å². The molecule has 0 amide bonds. The zero-order chi connectivity index (χ0) is 17.8. The molecule has 5 heteroatoms. The first-order valence-corrected chi connectivity index (χ1v) is 10.5. The Morgan fingerprint density at radius 2 is 1.96 bits per heavy atom. The summed E-state index contributed by atoms with van der Waals surface area (Å²) in [5.74, 6) is 1.78. The van der Waals surface area contributed by atoms with Crippen molar-refractivity contribution in [2.24, 2.45) is 0 Å². The number of nitrogens with zero attached hydrogens (tertiary/aromatic N) is 2. The number of benzene rings is 1. The Hall–Kier alpha value is -2.01. The maximum Gasteiger partial charge on any atom is 0.184 e. The standard InChI is InChI=1S/C21H27N3OS/c1-24-13-11-17(12-14-24)25-18-9-10-19-20(15-18)26-21(23-19)22-16-7-5-3-2-4-6-8-16/h9-13,15-16H,2-8,14H2,1H3,(H,22,23). The van der Waals surface area contributed by atoms with Crippen molar-refractivity contribution in [3.8, 4) is 5.75 Å². The highest BCUT2D eigenvalue weighted by molar-refractivity contribution is 7.22. The molecule has 0 atom stereocenters. The van der Waals surface area contributed by atoms with Gasteiger partial charge in [0, 0.05) is 31.9 Å². The van der Waals surface area contributed by atoms with Crippen molar-refractivity contribution < 1.29 is 4.74 Å². The minimum Gasteiger partial charge on any atom is -0.458 e. The molecule has 4 nitrogen and oxygen atoms in total. The van der Waals surface area contributed by atoms with Crippen molar-refractivity contribution in [3.05, 3.63) is 42.3 Å². The highest BCUT2D eigenvalue weighted by Gasteiger charge is 2.14. The molecule has 26 heavy (non-hydrogen) atoms. The van der Waals surface area contributed by atoms with Crippen LogP contribution in [0.1, 0.15) is 44.9 Å². The Balaban J connectivity index is 1.44. The lowest BCUT2D eigenvalue weighted by molar-refractivity contribution is 0.416. The normalized spacial score (nSPS) is 19.1. The molecule has 0 radical (unpaired) electrons. The third-order valence-electron chi connectivity index (χ3n) is 5.10. The number of rotatable bonds is 4. The van der Waals surface area contributed by atoms with Crippen molar-refractivity contribution in [3.63, 3.8) is 0 Å². The smallest absolute Gasteiger partial charge is 0.184 e. The second kappa shape index (κ2) is 8.12. The third kappa shape index (κ3) is 4.39. The van der Waals surface area contributed by atoms with E-state index >= 15 is 0 Å². The Morgan fingerprint density at radius 1 is 1.15 bits per heavy atom. The molecule has 2 aliphatic rings. The lowest BCUT2D eigenvalue weighted by Crippen LogP contribution is -2.20. The number of fused-ring (bicyclic) bond motifs is 1. The lowest BCUT2D eigenvalue weighted by atomic mass is 9.97. The highest BCUT2D eigenvalue weighted by Crippen LogP contribution is 2.31. The van der Waals surface area contributed by atoms with Gasteiger partial charge in [-0.1, -0.05) is 43.4 Å². The van der Waals surface area contributed by atoms with E-state index in [-0.39, 0.29) is 0 Å². The van der Waals surface area contributed by atoms with Crippen LogP contribution in [0.5, 0.6) is 5.75 Å². The van der Waals surface area contributed by atoms with Crippen LogP contribution < -0.4 is 10.1 Å². The van der Waals surface area contributed by atoms with Gasteiger partial charge in [-0.3, -0.25) is 0 Å². The summed E-state index contributed by atoms with van der Waals surface area (Å²) in [7, 11) is 2.05. The lowest BCUT2D eigenvalue weighted by Gasteiger charge is -2.20. The molecule has 2 heterocycles. The van der Waals surface area contributed by atoms with Gasteiger partial charge in [-0.2, -0.15) is 0 Å². The summed E-state index contributed by atoms with van der Waals surface area (Å²) < 4.78 is 7.18. The number of likely N-dealkylation sites (N-methyl/N-ethyl adjacent to an activating group) is 1. The number of ether oxygens (including phenoxy) is 1. The van der Waals surface area contributed by atoms with Crippen molar-refractivity contribution >= 4 is 26.7 Å². The van der Waals surface area contributed by atoms with E-state index in [1.807, 2.05) is 18.3 Å². The van der Waals surface area contributed by atoms with Crippen molar-refractivity contribution in [2.45, 2.75) is 51.0 Å². The van der Waals surface area contributed by atoms with Crippen LogP contribution in [0.25, 0.3) is 10.2 Å². The van der Waals surface area contributed by atoms with E-state index in [0.717, 1.165) is 28.7 Å². The minimum atomic E-state index is 0.570. The first-order valence-electron chi connectivity index (χ1n) is 9.70. The number of anilines is 1. The fraction of sp³-hybridized carbons (Fsp3) is 0.476. The van der Waals surface area contributed by atoms with Gasteiger partial charge in [0.2, 0.25) is 0 Å². The van der Waals surface area contributed by atoms with E-state index in [4.69, 9.17) is 9.72 Å². The molecule has 1 aliphatic heterocycles. The molecule has 1 aromatic heterocycles. The van der Waals surface area contributed by atoms with E-state index in [9.17, 15) is 0 Å². The average Bonchev–Trinajstić information content (AvgIpc) is 3.01. The van der Waals surface area contributed by atoms with E-state index < -0.39 is 0 Å². The minimum absolute atomic E-state index is 0.570. The van der Waals surface area contributed by atoms with E-state index in [0.29, 0.717) is 6.04 Å². The van der Waals surface area contributed by atoms with Crippen LogP contribution in [-0.4, -0.2) is 29.5 Å². The maximum atomic E-state index is 6.01. The summed E-state index contributed by atoms with van der Waals surface area (Å²) in [5.41, 5.74) is 1.04. The topological polar surface area (TPSA) is 37.4 Å². The molecular formula is C21H27N3OS. The fourth-order valence-electron chi connectivity index (χ4n) is 3.58. The quantitative estimate of drug-likeness (QED) is 0.767. The molecule has 0 unspecified atom stereocenters. The first-order chi connectivity index (χ1) is 12.8. The van der Waals surface area contributed by atoms with Gasteiger partial charge in [0.05, 0.1) is 10.2 Å². The van der Waals surface area contributed by atoms with Crippen LogP contribution in [0.2, 0.25) is 0 Å². The maximum absolute atomic E-state index is 6.01. The predicted molar refractivity (Wildman–Crippen MR) is 110 cm³/mol. The number of aromatic nitrogens is 1. The van der Waals surface area contributed by atoms with Crippen LogP contribution in [0.3, 0.4) is 0 Å². The van der Waals surface area contributed by atoms with Gasteiger partial charge in [0.15, 0.2) is 5.13 Å². The first kappa shape index (κ1) is 17.4. The Kier molecular flexibility index (Phi) is 5.44. The van der Waals surface area contributed by atoms with Crippen LogP contribution in [-0.2, 0) is 0 Å². The molecule has 0 saturated heterocycles. The summed E-state index contributed by atoms with van der Waals surface area (Å²) in [5, 5.41) is 4.72. The average molecular weight is 370 g/mol. The molecule has 4 rings (SSSR count). The van der Waals surface area contributed by atoms with E-state index in [2.05, 4.69) is 35.5 Å². The number of hydrogen-bond acceptors (Lipinski definition) is 5. The summed E-state index contributed by atoms with van der Waals surface area (Å²) in [6, 6.07) is 6.74. The fourth-order valence-corrected chi connectivity index (χ4v) is 4.55. The van der Waals surface area contributed by atoms with E-state index in [1.54, 1.807) is 11.3 Å². The zero-order valence-corrected chi connectivity index (χ0v) is 16.2. The van der Waals surface area contributed by atoms with Gasteiger partial charge in [0.25, 0.3) is 0 Å². The molecule has 2 aromatic rings. The van der Waals surface area contributed by atoms with E-state index in [1.165, 1.54) is 49.6 Å². The Morgan fingerprint density at radius 3 is 2.73 bits per heavy atom. The third-order valence-corrected chi connectivity index (χ3v) is 6.05. The molecule has 1 aromatic carbocycles. The highest BCUT2D eigenvalue weighted by atomic mass is 32.1. The Labute approximate surface area is 159 Å². The molecule has 0 spiro atoms. The Bertz CT molecular complexity index is 803. The molecule has 1 fully saturated rings. The van der Waals surface area contributed by atoms with Gasteiger partial charge in [-0.05, 0) is 37.1 Å². The van der Waals surface area contributed by atoms with Crippen LogP contribution in [0.4, 0.5) is 5.13 Å². The van der Waals surface area contributed by atoms with Gasteiger partial charge in [0.1, 0.15) is 11.5 Å². The second-order valence-electron chi connectivity index (χ2n) is 7.30. The zero-order valence-electron chi connectivity index (χ0n) is 15.4. The second-order valence-corrected chi connectivity index (χ2v) is 8.33.